The highest BCUT2D eigenvalue weighted by Crippen LogP contribution is 2.21. The van der Waals surface area contributed by atoms with Crippen LogP contribution in [0.4, 0.5) is 11.5 Å². The first-order valence-electron chi connectivity index (χ1n) is 5.77. The van der Waals surface area contributed by atoms with Crippen LogP contribution in [0.1, 0.15) is 15.9 Å². The fourth-order valence-corrected chi connectivity index (χ4v) is 1.70. The van der Waals surface area contributed by atoms with Gasteiger partial charge in [0.1, 0.15) is 11.6 Å². The van der Waals surface area contributed by atoms with E-state index >= 15 is 0 Å². The van der Waals surface area contributed by atoms with E-state index in [-0.39, 0.29) is 5.91 Å². The molecule has 0 atom stereocenters. The van der Waals surface area contributed by atoms with Crippen LogP contribution in [-0.2, 0) is 0 Å². The number of carbonyl (C=O) groups is 1. The number of anilines is 2. The van der Waals surface area contributed by atoms with Gasteiger partial charge in [0, 0.05) is 11.9 Å². The highest BCUT2D eigenvalue weighted by Gasteiger charge is 2.07. The van der Waals surface area contributed by atoms with Crippen molar-refractivity contribution in [1.29, 1.82) is 0 Å². The molecule has 0 fully saturated rings. The normalized spacial score (nSPS) is 10.0. The van der Waals surface area contributed by atoms with Crippen molar-refractivity contribution >= 4 is 17.4 Å². The number of pyridine rings is 1. The number of nitrogens with zero attached hydrogens (tertiary/aromatic N) is 1. The number of aryl methyl sites for hydroxylation is 1. The minimum absolute atomic E-state index is 0.225. The summed E-state index contributed by atoms with van der Waals surface area (Å²) >= 11 is 0. The van der Waals surface area contributed by atoms with Crippen LogP contribution in [0.15, 0.2) is 36.5 Å². The maximum absolute atomic E-state index is 12.0. The summed E-state index contributed by atoms with van der Waals surface area (Å²) in [6.45, 7) is 1.92. The number of carbonyl (C=O) groups excluding carboxylic acids is 1. The summed E-state index contributed by atoms with van der Waals surface area (Å²) in [4.78, 5) is 15.9. The number of ether oxygens (including phenoxy) is 1. The van der Waals surface area contributed by atoms with Crippen molar-refractivity contribution in [3.05, 3.63) is 47.7 Å². The summed E-state index contributed by atoms with van der Waals surface area (Å²) < 4.78 is 5.17. The van der Waals surface area contributed by atoms with Crippen LogP contribution in [0.2, 0.25) is 0 Å². The van der Waals surface area contributed by atoms with Gasteiger partial charge in [0.25, 0.3) is 5.91 Å². The maximum Gasteiger partial charge on any atom is 0.257 e. The monoisotopic (exact) mass is 257 g/mol. The summed E-state index contributed by atoms with van der Waals surface area (Å²) in [5.41, 5.74) is 7.60. The molecule has 0 spiro atoms. The summed E-state index contributed by atoms with van der Waals surface area (Å²) in [6, 6.07) is 8.67. The number of hydrogen-bond acceptors (Lipinski definition) is 4. The Hall–Kier alpha value is -2.56. The number of rotatable bonds is 3. The molecule has 0 saturated carbocycles. The summed E-state index contributed by atoms with van der Waals surface area (Å²) in [5, 5.41) is 2.79. The predicted octanol–water partition coefficient (Wildman–Crippen LogP) is 2.23. The molecule has 0 saturated heterocycles. The van der Waals surface area contributed by atoms with Gasteiger partial charge in [-0.25, -0.2) is 4.98 Å². The van der Waals surface area contributed by atoms with E-state index < -0.39 is 0 Å². The molecule has 3 N–H and O–H groups in total. The van der Waals surface area contributed by atoms with Crippen molar-refractivity contribution in [2.75, 3.05) is 18.2 Å². The third-order valence-electron chi connectivity index (χ3n) is 2.70. The molecule has 0 unspecified atom stereocenters. The van der Waals surface area contributed by atoms with Gasteiger partial charge in [-0.2, -0.15) is 0 Å². The lowest BCUT2D eigenvalue weighted by atomic mass is 10.2. The molecule has 1 heterocycles. The van der Waals surface area contributed by atoms with Crippen molar-refractivity contribution in [2.24, 2.45) is 0 Å². The van der Waals surface area contributed by atoms with E-state index in [0.29, 0.717) is 17.1 Å². The first-order chi connectivity index (χ1) is 9.10. The van der Waals surface area contributed by atoms with Gasteiger partial charge in [-0.15, -0.1) is 0 Å². The highest BCUT2D eigenvalue weighted by molar-refractivity contribution is 6.04. The molecule has 0 bridgehead atoms. The second kappa shape index (κ2) is 5.39. The van der Waals surface area contributed by atoms with E-state index in [1.165, 1.54) is 6.20 Å². The molecule has 1 aromatic heterocycles. The van der Waals surface area contributed by atoms with Crippen molar-refractivity contribution in [1.82, 2.24) is 4.98 Å². The van der Waals surface area contributed by atoms with E-state index in [0.717, 1.165) is 11.3 Å². The molecule has 0 radical (unpaired) electrons. The smallest absolute Gasteiger partial charge is 0.257 e. The standard InChI is InChI=1S/C14H15N3O2/c1-9-7-11(4-5-12(9)19-2)17-14(18)10-3-6-13(15)16-8-10/h3-8H,1-2H3,(H2,15,16)(H,17,18). The first-order valence-corrected chi connectivity index (χ1v) is 5.77. The van der Waals surface area contributed by atoms with Crippen LogP contribution in [0.3, 0.4) is 0 Å². The molecule has 0 aliphatic carbocycles. The molecule has 1 amide bonds. The molecule has 2 aromatic rings. The van der Waals surface area contributed by atoms with E-state index in [1.807, 2.05) is 19.1 Å². The van der Waals surface area contributed by atoms with E-state index in [9.17, 15) is 4.79 Å². The number of methoxy groups -OCH3 is 1. The van der Waals surface area contributed by atoms with E-state index in [4.69, 9.17) is 10.5 Å². The van der Waals surface area contributed by atoms with Crippen LogP contribution in [-0.4, -0.2) is 18.0 Å². The largest absolute Gasteiger partial charge is 0.496 e. The molecular weight excluding hydrogens is 242 g/mol. The highest BCUT2D eigenvalue weighted by atomic mass is 16.5. The molecule has 98 valence electrons. The Morgan fingerprint density at radius 2 is 2.11 bits per heavy atom. The van der Waals surface area contributed by atoms with Gasteiger partial charge in [-0.05, 0) is 42.8 Å². The Balaban J connectivity index is 2.14. The minimum atomic E-state index is -0.225. The second-order valence-corrected chi connectivity index (χ2v) is 4.11. The predicted molar refractivity (Wildman–Crippen MR) is 74.3 cm³/mol. The Morgan fingerprint density at radius 1 is 1.32 bits per heavy atom. The van der Waals surface area contributed by atoms with Crippen LogP contribution < -0.4 is 15.8 Å². The summed E-state index contributed by atoms with van der Waals surface area (Å²) in [5.74, 6) is 0.945. The first kappa shape index (κ1) is 12.9. The zero-order valence-electron chi connectivity index (χ0n) is 10.8. The Kier molecular flexibility index (Phi) is 3.66. The fraction of sp³-hybridized carbons (Fsp3) is 0.143. The number of nitrogen functional groups attached to an aromatic ring is 1. The third kappa shape index (κ3) is 3.01. The molecular formula is C14H15N3O2. The van der Waals surface area contributed by atoms with Gasteiger partial charge < -0.3 is 15.8 Å². The fourth-order valence-electron chi connectivity index (χ4n) is 1.70. The quantitative estimate of drug-likeness (QED) is 0.884. The SMILES string of the molecule is COc1ccc(NC(=O)c2ccc(N)nc2)cc1C. The van der Waals surface area contributed by atoms with Crippen molar-refractivity contribution < 1.29 is 9.53 Å². The number of aromatic nitrogens is 1. The van der Waals surface area contributed by atoms with Gasteiger partial charge in [0.2, 0.25) is 0 Å². The van der Waals surface area contributed by atoms with Crippen LogP contribution in [0, 0.1) is 6.92 Å². The van der Waals surface area contributed by atoms with E-state index in [2.05, 4.69) is 10.3 Å². The van der Waals surface area contributed by atoms with Crippen molar-refractivity contribution in [3.63, 3.8) is 0 Å². The van der Waals surface area contributed by atoms with Crippen molar-refractivity contribution in [3.8, 4) is 5.75 Å². The Morgan fingerprint density at radius 3 is 2.68 bits per heavy atom. The molecule has 19 heavy (non-hydrogen) atoms. The molecule has 0 aliphatic heterocycles. The Bertz CT molecular complexity index is 594. The van der Waals surface area contributed by atoms with Crippen LogP contribution in [0.5, 0.6) is 5.75 Å². The molecule has 2 rings (SSSR count). The van der Waals surface area contributed by atoms with Crippen LogP contribution in [0.25, 0.3) is 0 Å². The number of benzene rings is 1. The number of nitrogens with two attached hydrogens (primary N) is 1. The lowest BCUT2D eigenvalue weighted by Crippen LogP contribution is -2.12. The lowest BCUT2D eigenvalue weighted by molar-refractivity contribution is 0.102. The number of hydrogen-bond donors (Lipinski definition) is 2. The van der Waals surface area contributed by atoms with Crippen molar-refractivity contribution in [2.45, 2.75) is 6.92 Å². The lowest BCUT2D eigenvalue weighted by Gasteiger charge is -2.09. The van der Waals surface area contributed by atoms with Gasteiger partial charge in [0.15, 0.2) is 0 Å². The van der Waals surface area contributed by atoms with Gasteiger partial charge >= 0.3 is 0 Å². The third-order valence-corrected chi connectivity index (χ3v) is 2.70. The summed E-state index contributed by atoms with van der Waals surface area (Å²) in [6.07, 6.45) is 1.45. The summed E-state index contributed by atoms with van der Waals surface area (Å²) in [7, 11) is 1.61. The van der Waals surface area contributed by atoms with E-state index in [1.54, 1.807) is 25.3 Å². The number of amides is 1. The second-order valence-electron chi connectivity index (χ2n) is 4.11. The molecule has 5 heteroatoms. The zero-order valence-corrected chi connectivity index (χ0v) is 10.8. The molecule has 1 aromatic carbocycles. The van der Waals surface area contributed by atoms with Gasteiger partial charge in [0.05, 0.1) is 12.7 Å². The molecule has 5 nitrogen and oxygen atoms in total. The van der Waals surface area contributed by atoms with Gasteiger partial charge in [-0.3, -0.25) is 4.79 Å². The average molecular weight is 257 g/mol. The van der Waals surface area contributed by atoms with Gasteiger partial charge in [-0.1, -0.05) is 0 Å². The molecule has 0 aliphatic rings. The Labute approximate surface area is 111 Å². The van der Waals surface area contributed by atoms with Crippen LogP contribution >= 0.6 is 0 Å². The zero-order chi connectivity index (χ0) is 13.8. The average Bonchev–Trinajstić information content (AvgIpc) is 2.39. The number of nitrogens with one attached hydrogen (secondary N) is 1. The maximum atomic E-state index is 12.0. The minimum Gasteiger partial charge on any atom is -0.496 e. The topological polar surface area (TPSA) is 77.2 Å².